The number of carbonyl (C=O) groups is 1. The molecule has 0 saturated carbocycles. The molecule has 1 N–H and O–H groups in total. The van der Waals surface area contributed by atoms with Gasteiger partial charge in [0.2, 0.25) is 0 Å². The quantitative estimate of drug-likeness (QED) is 0.825. The van der Waals surface area contributed by atoms with Gasteiger partial charge >= 0.3 is 5.97 Å². The van der Waals surface area contributed by atoms with Gasteiger partial charge in [-0.15, -0.1) is 0 Å². The van der Waals surface area contributed by atoms with Crippen molar-refractivity contribution in [2.75, 3.05) is 26.7 Å². The van der Waals surface area contributed by atoms with Gasteiger partial charge in [0.1, 0.15) is 0 Å². The summed E-state index contributed by atoms with van der Waals surface area (Å²) in [6.07, 6.45) is 4.06. The molecule has 110 valence electrons. The number of methoxy groups -OCH3 is 1. The monoisotopic (exact) mass is 277 g/mol. The van der Waals surface area contributed by atoms with Crippen molar-refractivity contribution in [1.82, 2.24) is 15.2 Å². The van der Waals surface area contributed by atoms with Gasteiger partial charge in [0.05, 0.1) is 18.4 Å². The van der Waals surface area contributed by atoms with Crippen molar-refractivity contribution in [1.29, 1.82) is 0 Å². The molecule has 1 aromatic heterocycles. The van der Waals surface area contributed by atoms with Gasteiger partial charge in [-0.25, -0.2) is 4.79 Å². The van der Waals surface area contributed by atoms with Crippen molar-refractivity contribution in [3.05, 3.63) is 29.6 Å². The first kappa shape index (κ1) is 14.9. The molecule has 1 unspecified atom stereocenters. The van der Waals surface area contributed by atoms with E-state index in [2.05, 4.69) is 26.9 Å². The zero-order valence-corrected chi connectivity index (χ0v) is 12.3. The van der Waals surface area contributed by atoms with Crippen LogP contribution in [0.5, 0.6) is 0 Å². The first-order valence-corrected chi connectivity index (χ1v) is 7.22. The maximum atomic E-state index is 11.4. The van der Waals surface area contributed by atoms with Crippen LogP contribution in [-0.2, 0) is 11.3 Å². The normalized spacial score (nSPS) is 19.1. The predicted molar refractivity (Wildman–Crippen MR) is 77.6 cm³/mol. The van der Waals surface area contributed by atoms with Gasteiger partial charge in [-0.2, -0.15) is 0 Å². The Balaban J connectivity index is 1.98. The predicted octanol–water partition coefficient (Wildman–Crippen LogP) is 1.44. The summed E-state index contributed by atoms with van der Waals surface area (Å²) in [5, 5.41) is 3.44. The van der Waals surface area contributed by atoms with E-state index in [1.807, 2.05) is 6.07 Å². The molecule has 0 spiro atoms. The summed E-state index contributed by atoms with van der Waals surface area (Å²) >= 11 is 0. The van der Waals surface area contributed by atoms with Crippen LogP contribution in [0.25, 0.3) is 0 Å². The third-order valence-electron chi connectivity index (χ3n) is 3.80. The van der Waals surface area contributed by atoms with Crippen molar-refractivity contribution in [2.24, 2.45) is 0 Å². The molecular formula is C15H23N3O2. The third kappa shape index (κ3) is 3.77. The molecule has 5 heteroatoms. The molecule has 1 aromatic rings. The van der Waals surface area contributed by atoms with E-state index in [9.17, 15) is 4.79 Å². The van der Waals surface area contributed by atoms with Crippen LogP contribution in [0.1, 0.15) is 35.8 Å². The van der Waals surface area contributed by atoms with Crippen LogP contribution in [0.15, 0.2) is 18.3 Å². The Labute approximate surface area is 120 Å². The fourth-order valence-corrected chi connectivity index (χ4v) is 2.61. The fourth-order valence-electron chi connectivity index (χ4n) is 2.61. The smallest absolute Gasteiger partial charge is 0.339 e. The lowest BCUT2D eigenvalue weighted by Crippen LogP contribution is -2.45. The van der Waals surface area contributed by atoms with Crippen LogP contribution < -0.4 is 5.32 Å². The molecule has 0 aromatic carbocycles. The van der Waals surface area contributed by atoms with Gasteiger partial charge in [0.25, 0.3) is 0 Å². The van der Waals surface area contributed by atoms with Crippen LogP contribution in [-0.4, -0.2) is 48.6 Å². The fraction of sp³-hybridized carbons (Fsp3) is 0.600. The molecule has 20 heavy (non-hydrogen) atoms. The molecule has 1 saturated heterocycles. The molecule has 1 aliphatic heterocycles. The van der Waals surface area contributed by atoms with Crippen LogP contribution in [0, 0.1) is 0 Å². The van der Waals surface area contributed by atoms with Crippen LogP contribution >= 0.6 is 0 Å². The highest BCUT2D eigenvalue weighted by Gasteiger charge is 2.20. The zero-order chi connectivity index (χ0) is 14.4. The standard InChI is InChI=1S/C15H23N3O2/c1-3-18(14-5-4-8-16-10-14)11-13-7-6-12(9-17-13)15(19)20-2/h6-7,9,14,16H,3-5,8,10-11H2,1-2H3. The number of esters is 1. The summed E-state index contributed by atoms with van der Waals surface area (Å²) in [6, 6.07) is 4.27. The number of hydrogen-bond donors (Lipinski definition) is 1. The molecule has 1 aliphatic rings. The second-order valence-corrected chi connectivity index (χ2v) is 5.09. The number of nitrogens with zero attached hydrogens (tertiary/aromatic N) is 2. The summed E-state index contributed by atoms with van der Waals surface area (Å²) in [5.74, 6) is -0.340. The summed E-state index contributed by atoms with van der Waals surface area (Å²) in [5.41, 5.74) is 1.49. The maximum Gasteiger partial charge on any atom is 0.339 e. The van der Waals surface area contributed by atoms with E-state index < -0.39 is 0 Å². The summed E-state index contributed by atoms with van der Waals surface area (Å²) in [4.78, 5) is 18.2. The van der Waals surface area contributed by atoms with Gasteiger partial charge in [0, 0.05) is 25.3 Å². The van der Waals surface area contributed by atoms with Gasteiger partial charge in [-0.3, -0.25) is 9.88 Å². The molecule has 1 fully saturated rings. The molecule has 2 heterocycles. The summed E-state index contributed by atoms with van der Waals surface area (Å²) in [7, 11) is 1.38. The lowest BCUT2D eigenvalue weighted by molar-refractivity contribution is 0.0600. The molecule has 1 atom stereocenters. The van der Waals surface area contributed by atoms with E-state index in [4.69, 9.17) is 0 Å². The number of rotatable bonds is 5. The average molecular weight is 277 g/mol. The van der Waals surface area contributed by atoms with E-state index in [0.29, 0.717) is 11.6 Å². The minimum Gasteiger partial charge on any atom is -0.465 e. The minimum absolute atomic E-state index is 0.340. The lowest BCUT2D eigenvalue weighted by atomic mass is 10.1. The second kappa shape index (κ2) is 7.36. The zero-order valence-electron chi connectivity index (χ0n) is 12.3. The largest absolute Gasteiger partial charge is 0.465 e. The van der Waals surface area contributed by atoms with Crippen LogP contribution in [0.2, 0.25) is 0 Å². The topological polar surface area (TPSA) is 54.5 Å². The Bertz CT molecular complexity index is 427. The van der Waals surface area contributed by atoms with Gasteiger partial charge in [-0.1, -0.05) is 6.92 Å². The first-order chi connectivity index (χ1) is 9.74. The highest BCUT2D eigenvalue weighted by molar-refractivity contribution is 5.88. The molecule has 0 amide bonds. The number of piperidine rings is 1. The average Bonchev–Trinajstić information content (AvgIpc) is 2.53. The van der Waals surface area contributed by atoms with Crippen molar-refractivity contribution in [3.63, 3.8) is 0 Å². The Morgan fingerprint density at radius 2 is 2.40 bits per heavy atom. The third-order valence-corrected chi connectivity index (χ3v) is 3.80. The Morgan fingerprint density at radius 3 is 2.95 bits per heavy atom. The van der Waals surface area contributed by atoms with E-state index >= 15 is 0 Å². The van der Waals surface area contributed by atoms with E-state index in [0.717, 1.165) is 31.9 Å². The number of nitrogens with one attached hydrogen (secondary N) is 1. The van der Waals surface area contributed by atoms with Crippen molar-refractivity contribution in [2.45, 2.75) is 32.4 Å². The molecule has 5 nitrogen and oxygen atoms in total. The highest BCUT2D eigenvalue weighted by Crippen LogP contribution is 2.13. The van der Waals surface area contributed by atoms with Crippen molar-refractivity contribution >= 4 is 5.97 Å². The van der Waals surface area contributed by atoms with Gasteiger partial charge in [-0.05, 0) is 38.1 Å². The van der Waals surface area contributed by atoms with Crippen molar-refractivity contribution < 1.29 is 9.53 Å². The molecule has 0 bridgehead atoms. The molecule has 0 radical (unpaired) electrons. The highest BCUT2D eigenvalue weighted by atomic mass is 16.5. The lowest BCUT2D eigenvalue weighted by Gasteiger charge is -2.33. The number of likely N-dealkylation sites (N-methyl/N-ethyl adjacent to an activating group) is 1. The Morgan fingerprint density at radius 1 is 1.55 bits per heavy atom. The molecular weight excluding hydrogens is 254 g/mol. The number of pyridine rings is 1. The van der Waals surface area contributed by atoms with Crippen LogP contribution in [0.4, 0.5) is 0 Å². The minimum atomic E-state index is -0.340. The van der Waals surface area contributed by atoms with E-state index in [1.165, 1.54) is 20.0 Å². The number of carbonyl (C=O) groups excluding carboxylic acids is 1. The summed E-state index contributed by atoms with van der Waals surface area (Å²) < 4.78 is 4.68. The SMILES string of the molecule is CCN(Cc1ccc(C(=O)OC)cn1)C1CCCNC1. The second-order valence-electron chi connectivity index (χ2n) is 5.09. The summed E-state index contributed by atoms with van der Waals surface area (Å²) in [6.45, 7) is 6.18. The molecule has 0 aliphatic carbocycles. The Kier molecular flexibility index (Phi) is 5.49. The van der Waals surface area contributed by atoms with E-state index in [1.54, 1.807) is 12.3 Å². The first-order valence-electron chi connectivity index (χ1n) is 7.22. The number of ether oxygens (including phenoxy) is 1. The van der Waals surface area contributed by atoms with Crippen molar-refractivity contribution in [3.8, 4) is 0 Å². The number of hydrogen-bond acceptors (Lipinski definition) is 5. The Hall–Kier alpha value is -1.46. The maximum absolute atomic E-state index is 11.4. The van der Waals surface area contributed by atoms with E-state index in [-0.39, 0.29) is 5.97 Å². The molecule has 2 rings (SSSR count). The van der Waals surface area contributed by atoms with Gasteiger partial charge in [0.15, 0.2) is 0 Å². The van der Waals surface area contributed by atoms with Crippen LogP contribution in [0.3, 0.4) is 0 Å². The van der Waals surface area contributed by atoms with Gasteiger partial charge < -0.3 is 10.1 Å². The number of aromatic nitrogens is 1.